The van der Waals surface area contributed by atoms with E-state index in [-0.39, 0.29) is 17.9 Å². The standard InChI is InChI=1S/C17H13NO3/c19-17(8-4-7-14-5-2-1-3-6-14)13-15-9-11-16(12-10-15)18(20)21/h1-3,5-12H,13H2. The van der Waals surface area contributed by atoms with Gasteiger partial charge in [-0.1, -0.05) is 42.5 Å². The number of nitro groups is 1. The summed E-state index contributed by atoms with van der Waals surface area (Å²) >= 11 is 0. The van der Waals surface area contributed by atoms with Crippen molar-refractivity contribution in [3.63, 3.8) is 0 Å². The monoisotopic (exact) mass is 279 g/mol. The van der Waals surface area contributed by atoms with E-state index in [9.17, 15) is 14.9 Å². The predicted octanol–water partition coefficient (Wildman–Crippen LogP) is 3.57. The van der Waals surface area contributed by atoms with E-state index in [1.807, 2.05) is 30.3 Å². The van der Waals surface area contributed by atoms with Gasteiger partial charge in [-0.05, 0) is 17.2 Å². The SMILES string of the molecule is O=C(C=C=Cc1ccccc1)Cc1ccc([N+](=O)[O-])cc1. The number of allylic oxidation sites excluding steroid dienone is 1. The lowest BCUT2D eigenvalue weighted by atomic mass is 10.1. The van der Waals surface area contributed by atoms with Crippen molar-refractivity contribution in [2.45, 2.75) is 6.42 Å². The maximum atomic E-state index is 11.7. The van der Waals surface area contributed by atoms with Crippen LogP contribution in [-0.2, 0) is 11.2 Å². The van der Waals surface area contributed by atoms with Crippen LogP contribution in [-0.4, -0.2) is 10.7 Å². The highest BCUT2D eigenvalue weighted by atomic mass is 16.6. The molecule has 4 heteroatoms. The molecule has 0 aliphatic heterocycles. The van der Waals surface area contributed by atoms with Crippen LogP contribution in [0.2, 0.25) is 0 Å². The molecule has 0 amide bonds. The minimum Gasteiger partial charge on any atom is -0.294 e. The molecule has 0 spiro atoms. The third-order valence-electron chi connectivity index (χ3n) is 2.82. The number of rotatable bonds is 5. The molecule has 0 atom stereocenters. The minimum atomic E-state index is -0.464. The number of carbonyl (C=O) groups excluding carboxylic acids is 1. The van der Waals surface area contributed by atoms with Gasteiger partial charge in [0.2, 0.25) is 0 Å². The maximum absolute atomic E-state index is 11.7. The fraction of sp³-hybridized carbons (Fsp3) is 0.0588. The summed E-state index contributed by atoms with van der Waals surface area (Å²) < 4.78 is 0. The van der Waals surface area contributed by atoms with Gasteiger partial charge in [-0.2, -0.15) is 0 Å². The molecule has 21 heavy (non-hydrogen) atoms. The third kappa shape index (κ3) is 4.56. The first-order chi connectivity index (χ1) is 10.1. The number of non-ortho nitro benzene ring substituents is 1. The Balaban J connectivity index is 1.98. The first kappa shape index (κ1) is 14.4. The Morgan fingerprint density at radius 1 is 1.10 bits per heavy atom. The van der Waals surface area contributed by atoms with Gasteiger partial charge in [-0.3, -0.25) is 14.9 Å². The summed E-state index contributed by atoms with van der Waals surface area (Å²) in [6, 6.07) is 15.5. The molecule has 0 saturated heterocycles. The van der Waals surface area contributed by atoms with Crippen molar-refractivity contribution in [3.8, 4) is 0 Å². The molecule has 0 fully saturated rings. The summed E-state index contributed by atoms with van der Waals surface area (Å²) in [4.78, 5) is 21.8. The van der Waals surface area contributed by atoms with Crippen molar-refractivity contribution in [3.05, 3.63) is 87.6 Å². The number of hydrogen-bond acceptors (Lipinski definition) is 3. The lowest BCUT2D eigenvalue weighted by molar-refractivity contribution is -0.384. The van der Waals surface area contributed by atoms with Gasteiger partial charge in [-0.25, -0.2) is 0 Å². The smallest absolute Gasteiger partial charge is 0.269 e. The number of benzene rings is 2. The summed E-state index contributed by atoms with van der Waals surface area (Å²) in [6.45, 7) is 0. The van der Waals surface area contributed by atoms with Crippen molar-refractivity contribution in [1.82, 2.24) is 0 Å². The highest BCUT2D eigenvalue weighted by Gasteiger charge is 2.05. The van der Waals surface area contributed by atoms with Crippen molar-refractivity contribution in [2.24, 2.45) is 0 Å². The van der Waals surface area contributed by atoms with Crippen molar-refractivity contribution >= 4 is 17.5 Å². The van der Waals surface area contributed by atoms with E-state index in [1.54, 1.807) is 18.2 Å². The predicted molar refractivity (Wildman–Crippen MR) is 80.8 cm³/mol. The van der Waals surface area contributed by atoms with Crippen molar-refractivity contribution in [1.29, 1.82) is 0 Å². The Bertz CT molecular complexity index is 697. The fourth-order valence-corrected chi connectivity index (χ4v) is 1.77. The molecular weight excluding hydrogens is 266 g/mol. The zero-order valence-corrected chi connectivity index (χ0v) is 11.2. The Morgan fingerprint density at radius 2 is 1.76 bits per heavy atom. The maximum Gasteiger partial charge on any atom is 0.269 e. The van der Waals surface area contributed by atoms with Crippen molar-refractivity contribution in [2.75, 3.05) is 0 Å². The number of nitro benzene ring substituents is 1. The van der Waals surface area contributed by atoms with Crippen LogP contribution >= 0.6 is 0 Å². The number of nitrogens with zero attached hydrogens (tertiary/aromatic N) is 1. The summed E-state index contributed by atoms with van der Waals surface area (Å²) in [6.07, 6.45) is 3.32. The molecule has 4 nitrogen and oxygen atoms in total. The number of carbonyl (C=O) groups is 1. The van der Waals surface area contributed by atoms with Gasteiger partial charge >= 0.3 is 0 Å². The summed E-state index contributed by atoms with van der Waals surface area (Å²) in [5.74, 6) is -0.101. The molecule has 0 aliphatic carbocycles. The second kappa shape index (κ2) is 6.98. The van der Waals surface area contributed by atoms with Gasteiger partial charge < -0.3 is 0 Å². The quantitative estimate of drug-likeness (QED) is 0.364. The molecule has 0 aliphatic rings. The van der Waals surface area contributed by atoms with Crippen LogP contribution < -0.4 is 0 Å². The molecule has 0 unspecified atom stereocenters. The Morgan fingerprint density at radius 3 is 2.38 bits per heavy atom. The Labute approximate surface area is 122 Å². The van der Waals surface area contributed by atoms with E-state index in [2.05, 4.69) is 5.73 Å². The lowest BCUT2D eigenvalue weighted by Crippen LogP contribution is -1.98. The largest absolute Gasteiger partial charge is 0.294 e. The first-order valence-electron chi connectivity index (χ1n) is 6.39. The summed E-state index contributed by atoms with van der Waals surface area (Å²) in [5, 5.41) is 10.5. The zero-order valence-electron chi connectivity index (χ0n) is 11.2. The molecule has 0 saturated carbocycles. The number of ketones is 1. The van der Waals surface area contributed by atoms with Crippen LogP contribution in [0.4, 0.5) is 5.69 Å². The Hall–Kier alpha value is -2.97. The van der Waals surface area contributed by atoms with Crippen LogP contribution in [0, 0.1) is 10.1 Å². The average Bonchev–Trinajstić information content (AvgIpc) is 2.49. The molecule has 0 aromatic heterocycles. The van der Waals surface area contributed by atoms with Crippen LogP contribution in [0.25, 0.3) is 6.08 Å². The molecule has 0 bridgehead atoms. The zero-order chi connectivity index (χ0) is 15.1. The summed E-state index contributed by atoms with van der Waals surface area (Å²) in [7, 11) is 0. The van der Waals surface area contributed by atoms with Crippen LogP contribution in [0.3, 0.4) is 0 Å². The van der Waals surface area contributed by atoms with Gasteiger partial charge in [-0.15, -0.1) is 5.73 Å². The Kier molecular flexibility index (Phi) is 4.80. The summed E-state index contributed by atoms with van der Waals surface area (Å²) in [5.41, 5.74) is 4.57. The van der Waals surface area contributed by atoms with E-state index in [4.69, 9.17) is 0 Å². The van der Waals surface area contributed by atoms with Gasteiger partial charge in [0.25, 0.3) is 5.69 Å². The molecule has 2 aromatic rings. The third-order valence-corrected chi connectivity index (χ3v) is 2.82. The first-order valence-corrected chi connectivity index (χ1v) is 6.39. The van der Waals surface area contributed by atoms with E-state index in [1.165, 1.54) is 18.2 Å². The topological polar surface area (TPSA) is 60.2 Å². The molecule has 0 N–H and O–H groups in total. The molecule has 104 valence electrons. The molecule has 0 heterocycles. The van der Waals surface area contributed by atoms with E-state index in [0.29, 0.717) is 0 Å². The molecule has 2 rings (SSSR count). The molecule has 2 aromatic carbocycles. The highest BCUT2D eigenvalue weighted by molar-refractivity contribution is 5.91. The van der Waals surface area contributed by atoms with Crippen LogP contribution in [0.15, 0.2) is 66.4 Å². The average molecular weight is 279 g/mol. The van der Waals surface area contributed by atoms with Gasteiger partial charge in [0.1, 0.15) is 0 Å². The number of hydrogen-bond donors (Lipinski definition) is 0. The van der Waals surface area contributed by atoms with E-state index < -0.39 is 4.92 Å². The van der Waals surface area contributed by atoms with E-state index in [0.717, 1.165) is 11.1 Å². The minimum absolute atomic E-state index is 0.0192. The van der Waals surface area contributed by atoms with Crippen LogP contribution in [0.5, 0.6) is 0 Å². The fourth-order valence-electron chi connectivity index (χ4n) is 1.77. The molecule has 0 radical (unpaired) electrons. The lowest BCUT2D eigenvalue weighted by Gasteiger charge is -1.96. The normalized spacial score (nSPS) is 9.52. The second-order valence-corrected chi connectivity index (χ2v) is 4.43. The highest BCUT2D eigenvalue weighted by Crippen LogP contribution is 2.12. The van der Waals surface area contributed by atoms with Crippen molar-refractivity contribution < 1.29 is 9.72 Å². The molecular formula is C17H13NO3. The second-order valence-electron chi connectivity index (χ2n) is 4.43. The van der Waals surface area contributed by atoms with Gasteiger partial charge in [0.05, 0.1) is 4.92 Å². The van der Waals surface area contributed by atoms with Crippen LogP contribution in [0.1, 0.15) is 11.1 Å². The van der Waals surface area contributed by atoms with E-state index >= 15 is 0 Å². The van der Waals surface area contributed by atoms with Gasteiger partial charge in [0.15, 0.2) is 5.78 Å². The van der Waals surface area contributed by atoms with Gasteiger partial charge in [0, 0.05) is 24.6 Å².